The normalized spacial score (nSPS) is 16.3. The topological polar surface area (TPSA) is 62.0 Å². The first-order chi connectivity index (χ1) is 5.17. The van der Waals surface area contributed by atoms with Crippen LogP contribution >= 0.6 is 0 Å². The van der Waals surface area contributed by atoms with E-state index in [1.165, 1.54) is 0 Å². The van der Waals surface area contributed by atoms with Crippen molar-refractivity contribution in [3.05, 3.63) is 24.0 Å². The van der Waals surface area contributed by atoms with Gasteiger partial charge in [-0.2, -0.15) is 0 Å². The van der Waals surface area contributed by atoms with Crippen molar-refractivity contribution >= 4 is 0 Å². The van der Waals surface area contributed by atoms with Gasteiger partial charge in [0, 0.05) is 24.5 Å². The molecular formula is C8H14N2O. The number of nitrogens with one attached hydrogen (secondary N) is 1. The third-order valence-corrected chi connectivity index (χ3v) is 1.89. The molecule has 0 aliphatic heterocycles. The van der Waals surface area contributed by atoms with Gasteiger partial charge < -0.3 is 15.8 Å². The number of aliphatic hydroxyl groups is 1. The third-order valence-electron chi connectivity index (χ3n) is 1.89. The lowest BCUT2D eigenvalue weighted by atomic mass is 9.93. The molecule has 1 heterocycles. The molecule has 0 aliphatic carbocycles. The van der Waals surface area contributed by atoms with Crippen LogP contribution in [0.25, 0.3) is 0 Å². The van der Waals surface area contributed by atoms with Gasteiger partial charge in [0.25, 0.3) is 0 Å². The molecule has 0 saturated heterocycles. The minimum atomic E-state index is -0.408. The molecular weight excluding hydrogens is 140 g/mol. The van der Waals surface area contributed by atoms with Crippen LogP contribution in [0.15, 0.2) is 18.5 Å². The Morgan fingerprint density at radius 3 is 2.91 bits per heavy atom. The minimum absolute atomic E-state index is 0.123. The highest BCUT2D eigenvalue weighted by Gasteiger charge is 2.20. The number of hydrogen-bond acceptors (Lipinski definition) is 2. The molecule has 0 aliphatic rings. The van der Waals surface area contributed by atoms with E-state index in [0.29, 0.717) is 6.42 Å². The Balaban J connectivity index is 2.73. The molecule has 0 bridgehead atoms. The number of rotatable bonds is 3. The SMILES string of the molecule is CC(N)(CCO)c1cc[nH]c1. The van der Waals surface area contributed by atoms with Crippen molar-refractivity contribution in [2.45, 2.75) is 18.9 Å². The van der Waals surface area contributed by atoms with Crippen LogP contribution in [0.4, 0.5) is 0 Å². The molecule has 1 atom stereocenters. The Labute approximate surface area is 66.2 Å². The Bertz CT molecular complexity index is 204. The van der Waals surface area contributed by atoms with Gasteiger partial charge in [0.05, 0.1) is 0 Å². The van der Waals surface area contributed by atoms with Gasteiger partial charge in [0.1, 0.15) is 0 Å². The summed E-state index contributed by atoms with van der Waals surface area (Å²) >= 11 is 0. The average molecular weight is 154 g/mol. The van der Waals surface area contributed by atoms with Crippen LogP contribution in [-0.2, 0) is 5.54 Å². The minimum Gasteiger partial charge on any atom is -0.396 e. The molecule has 11 heavy (non-hydrogen) atoms. The van der Waals surface area contributed by atoms with E-state index >= 15 is 0 Å². The molecule has 1 unspecified atom stereocenters. The second kappa shape index (κ2) is 3.07. The average Bonchev–Trinajstić information content (AvgIpc) is 2.37. The second-order valence-electron chi connectivity index (χ2n) is 2.99. The van der Waals surface area contributed by atoms with E-state index in [-0.39, 0.29) is 6.61 Å². The summed E-state index contributed by atoms with van der Waals surface area (Å²) in [5, 5.41) is 8.71. The first kappa shape index (κ1) is 8.30. The van der Waals surface area contributed by atoms with Crippen molar-refractivity contribution < 1.29 is 5.11 Å². The molecule has 0 aromatic carbocycles. The molecule has 3 nitrogen and oxygen atoms in total. The zero-order chi connectivity index (χ0) is 8.32. The summed E-state index contributed by atoms with van der Waals surface area (Å²) in [6.07, 6.45) is 4.28. The Morgan fingerprint density at radius 1 is 1.73 bits per heavy atom. The number of H-pyrrole nitrogens is 1. The van der Waals surface area contributed by atoms with Gasteiger partial charge in [-0.15, -0.1) is 0 Å². The van der Waals surface area contributed by atoms with E-state index in [0.717, 1.165) is 5.56 Å². The lowest BCUT2D eigenvalue weighted by Crippen LogP contribution is -2.33. The predicted molar refractivity (Wildman–Crippen MR) is 44.0 cm³/mol. The molecule has 3 heteroatoms. The molecule has 1 aromatic rings. The highest BCUT2D eigenvalue weighted by molar-refractivity contribution is 5.18. The molecule has 1 aromatic heterocycles. The standard InChI is InChI=1S/C8H14N2O/c1-8(9,3-5-11)7-2-4-10-6-7/h2,4,6,10-11H,3,5,9H2,1H3. The maximum absolute atomic E-state index is 8.71. The number of aromatic amines is 1. The molecule has 0 saturated carbocycles. The van der Waals surface area contributed by atoms with Gasteiger partial charge in [0.2, 0.25) is 0 Å². The smallest absolute Gasteiger partial charge is 0.0451 e. The zero-order valence-electron chi connectivity index (χ0n) is 6.67. The fourth-order valence-electron chi connectivity index (χ4n) is 1.06. The number of aromatic nitrogens is 1. The number of aliphatic hydroxyl groups excluding tert-OH is 1. The largest absolute Gasteiger partial charge is 0.396 e. The third kappa shape index (κ3) is 1.82. The molecule has 1 rings (SSSR count). The van der Waals surface area contributed by atoms with Crippen molar-refractivity contribution in [2.75, 3.05) is 6.61 Å². The van der Waals surface area contributed by atoms with Crippen molar-refractivity contribution in [1.82, 2.24) is 4.98 Å². The summed E-state index contributed by atoms with van der Waals surface area (Å²) in [4.78, 5) is 2.93. The molecule has 0 radical (unpaired) electrons. The van der Waals surface area contributed by atoms with Crippen LogP contribution in [0.1, 0.15) is 18.9 Å². The van der Waals surface area contributed by atoms with Crippen LogP contribution < -0.4 is 5.73 Å². The van der Waals surface area contributed by atoms with Crippen molar-refractivity contribution in [2.24, 2.45) is 5.73 Å². The Morgan fingerprint density at radius 2 is 2.45 bits per heavy atom. The number of hydrogen-bond donors (Lipinski definition) is 3. The van der Waals surface area contributed by atoms with Crippen LogP contribution in [0, 0.1) is 0 Å². The van der Waals surface area contributed by atoms with E-state index in [1.807, 2.05) is 25.4 Å². The monoisotopic (exact) mass is 154 g/mol. The molecule has 4 N–H and O–H groups in total. The molecule has 62 valence electrons. The summed E-state index contributed by atoms with van der Waals surface area (Å²) in [5.41, 5.74) is 6.54. The second-order valence-corrected chi connectivity index (χ2v) is 2.99. The Kier molecular flexibility index (Phi) is 2.31. The first-order valence-electron chi connectivity index (χ1n) is 3.70. The van der Waals surface area contributed by atoms with Crippen molar-refractivity contribution in [3.8, 4) is 0 Å². The fourth-order valence-corrected chi connectivity index (χ4v) is 1.06. The van der Waals surface area contributed by atoms with E-state index < -0.39 is 5.54 Å². The van der Waals surface area contributed by atoms with E-state index in [9.17, 15) is 0 Å². The quantitative estimate of drug-likeness (QED) is 0.596. The van der Waals surface area contributed by atoms with Crippen LogP contribution in [-0.4, -0.2) is 16.7 Å². The van der Waals surface area contributed by atoms with Crippen LogP contribution in [0.2, 0.25) is 0 Å². The van der Waals surface area contributed by atoms with E-state index in [4.69, 9.17) is 10.8 Å². The molecule has 0 amide bonds. The van der Waals surface area contributed by atoms with Gasteiger partial charge in [0.15, 0.2) is 0 Å². The van der Waals surface area contributed by atoms with Gasteiger partial charge in [-0.05, 0) is 25.0 Å². The maximum atomic E-state index is 8.71. The van der Waals surface area contributed by atoms with E-state index in [1.54, 1.807) is 0 Å². The van der Waals surface area contributed by atoms with Crippen molar-refractivity contribution in [1.29, 1.82) is 0 Å². The summed E-state index contributed by atoms with van der Waals surface area (Å²) in [7, 11) is 0. The predicted octanol–water partition coefficient (Wildman–Crippen LogP) is 0.571. The van der Waals surface area contributed by atoms with Gasteiger partial charge in [-0.3, -0.25) is 0 Å². The number of nitrogens with two attached hydrogens (primary N) is 1. The fraction of sp³-hybridized carbons (Fsp3) is 0.500. The van der Waals surface area contributed by atoms with Gasteiger partial charge in [-0.25, -0.2) is 0 Å². The first-order valence-corrected chi connectivity index (χ1v) is 3.70. The van der Waals surface area contributed by atoms with Crippen molar-refractivity contribution in [3.63, 3.8) is 0 Å². The van der Waals surface area contributed by atoms with Gasteiger partial charge in [-0.1, -0.05) is 0 Å². The highest BCUT2D eigenvalue weighted by atomic mass is 16.3. The maximum Gasteiger partial charge on any atom is 0.0451 e. The summed E-state index contributed by atoms with van der Waals surface area (Å²) in [5.74, 6) is 0. The molecule has 0 fully saturated rings. The molecule has 0 spiro atoms. The lowest BCUT2D eigenvalue weighted by Gasteiger charge is -2.22. The zero-order valence-corrected chi connectivity index (χ0v) is 6.67. The van der Waals surface area contributed by atoms with Crippen LogP contribution in [0.3, 0.4) is 0 Å². The summed E-state index contributed by atoms with van der Waals surface area (Å²) < 4.78 is 0. The van der Waals surface area contributed by atoms with E-state index in [2.05, 4.69) is 4.98 Å². The Hall–Kier alpha value is -0.800. The summed E-state index contributed by atoms with van der Waals surface area (Å²) in [6, 6.07) is 1.93. The van der Waals surface area contributed by atoms with Gasteiger partial charge >= 0.3 is 0 Å². The van der Waals surface area contributed by atoms with Crippen LogP contribution in [0.5, 0.6) is 0 Å². The summed E-state index contributed by atoms with van der Waals surface area (Å²) in [6.45, 7) is 2.03. The lowest BCUT2D eigenvalue weighted by molar-refractivity contribution is 0.247. The highest BCUT2D eigenvalue weighted by Crippen LogP contribution is 2.19.